The number of amides is 2. The predicted molar refractivity (Wildman–Crippen MR) is 89.1 cm³/mol. The quantitative estimate of drug-likeness (QED) is 0.629. The number of imide groups is 1. The van der Waals surface area contributed by atoms with Crippen LogP contribution in [0.15, 0.2) is 72.8 Å². The fourth-order valence-corrected chi connectivity index (χ4v) is 3.25. The van der Waals surface area contributed by atoms with Gasteiger partial charge in [-0.3, -0.25) is 14.5 Å². The Morgan fingerprint density at radius 2 is 1.46 bits per heavy atom. The summed E-state index contributed by atoms with van der Waals surface area (Å²) in [5.74, 6) is -0.542. The van der Waals surface area contributed by atoms with Crippen LogP contribution in [0.5, 0.6) is 0 Å². The Bertz CT molecular complexity index is 767. The lowest BCUT2D eigenvalue weighted by Gasteiger charge is -2.22. The predicted octanol–water partition coefficient (Wildman–Crippen LogP) is 2.84. The van der Waals surface area contributed by atoms with Crippen molar-refractivity contribution >= 4 is 11.8 Å². The molecule has 0 aromatic heterocycles. The van der Waals surface area contributed by atoms with Crippen molar-refractivity contribution in [3.05, 3.63) is 83.9 Å². The fourth-order valence-electron chi connectivity index (χ4n) is 3.25. The Morgan fingerprint density at radius 3 is 2.08 bits per heavy atom. The van der Waals surface area contributed by atoms with E-state index < -0.39 is 0 Å². The van der Waals surface area contributed by atoms with E-state index in [0.717, 1.165) is 11.1 Å². The lowest BCUT2D eigenvalue weighted by Crippen LogP contribution is -2.35. The third-order valence-electron chi connectivity index (χ3n) is 4.56. The van der Waals surface area contributed by atoms with Crippen molar-refractivity contribution in [1.29, 1.82) is 0 Å². The Labute approximate surface area is 140 Å². The van der Waals surface area contributed by atoms with E-state index in [0.29, 0.717) is 6.54 Å². The van der Waals surface area contributed by atoms with Crippen molar-refractivity contribution in [1.82, 2.24) is 4.90 Å². The van der Waals surface area contributed by atoms with Crippen molar-refractivity contribution in [2.75, 3.05) is 6.54 Å². The molecule has 4 rings (SSSR count). The van der Waals surface area contributed by atoms with Crippen LogP contribution >= 0.6 is 0 Å². The number of benzene rings is 2. The van der Waals surface area contributed by atoms with Gasteiger partial charge >= 0.3 is 0 Å². The molecule has 3 atom stereocenters. The van der Waals surface area contributed by atoms with Gasteiger partial charge in [-0.25, -0.2) is 0 Å². The second-order valence-corrected chi connectivity index (χ2v) is 6.07. The highest BCUT2D eigenvalue weighted by molar-refractivity contribution is 6.12. The third-order valence-corrected chi connectivity index (χ3v) is 4.56. The zero-order valence-corrected chi connectivity index (χ0v) is 13.0. The molecule has 3 unspecified atom stereocenters. The molecule has 4 nitrogen and oxygen atoms in total. The SMILES string of the molecule is O=C1C=CC(=O)N1CC(c1ccccc1)C1OC1c1ccccc1. The van der Waals surface area contributed by atoms with E-state index >= 15 is 0 Å². The van der Waals surface area contributed by atoms with Gasteiger partial charge in [0.05, 0.1) is 6.10 Å². The molecule has 0 saturated carbocycles. The first-order chi connectivity index (χ1) is 11.7. The van der Waals surface area contributed by atoms with Gasteiger partial charge in [0, 0.05) is 24.6 Å². The molecule has 2 heterocycles. The zero-order valence-electron chi connectivity index (χ0n) is 13.0. The number of ether oxygens (including phenoxy) is 1. The minimum atomic E-state index is -0.252. The molecule has 0 spiro atoms. The van der Waals surface area contributed by atoms with E-state index in [-0.39, 0.29) is 29.9 Å². The largest absolute Gasteiger partial charge is 0.364 e. The summed E-state index contributed by atoms with van der Waals surface area (Å²) in [4.78, 5) is 25.1. The molecule has 2 amide bonds. The Balaban J connectivity index is 1.58. The lowest BCUT2D eigenvalue weighted by molar-refractivity contribution is -0.137. The average Bonchev–Trinajstić information content (AvgIpc) is 3.36. The van der Waals surface area contributed by atoms with Crippen molar-refractivity contribution in [3.8, 4) is 0 Å². The number of hydrogen-bond donors (Lipinski definition) is 0. The van der Waals surface area contributed by atoms with Gasteiger partial charge in [0.15, 0.2) is 0 Å². The Morgan fingerprint density at radius 1 is 0.875 bits per heavy atom. The molecule has 0 radical (unpaired) electrons. The van der Waals surface area contributed by atoms with E-state index in [1.54, 1.807) is 0 Å². The summed E-state index contributed by atoms with van der Waals surface area (Å²) < 4.78 is 5.93. The van der Waals surface area contributed by atoms with Crippen LogP contribution < -0.4 is 0 Å². The van der Waals surface area contributed by atoms with Crippen molar-refractivity contribution in [2.45, 2.75) is 18.1 Å². The molecule has 0 N–H and O–H groups in total. The summed E-state index contributed by atoms with van der Waals surface area (Å²) in [7, 11) is 0. The fraction of sp³-hybridized carbons (Fsp3) is 0.200. The molecular formula is C20H17NO3. The van der Waals surface area contributed by atoms with Crippen LogP contribution in [0.1, 0.15) is 23.1 Å². The third kappa shape index (κ3) is 2.76. The Hall–Kier alpha value is -2.72. The molecule has 2 aromatic rings. The first kappa shape index (κ1) is 14.8. The monoisotopic (exact) mass is 319 g/mol. The maximum Gasteiger partial charge on any atom is 0.253 e. The molecule has 24 heavy (non-hydrogen) atoms. The molecule has 1 fully saturated rings. The summed E-state index contributed by atoms with van der Waals surface area (Å²) in [6.07, 6.45) is 2.63. The summed E-state index contributed by atoms with van der Waals surface area (Å²) in [5.41, 5.74) is 2.20. The van der Waals surface area contributed by atoms with Gasteiger partial charge in [0.1, 0.15) is 6.10 Å². The first-order valence-corrected chi connectivity index (χ1v) is 8.03. The number of carbonyl (C=O) groups excluding carboxylic acids is 2. The molecular weight excluding hydrogens is 302 g/mol. The van der Waals surface area contributed by atoms with Gasteiger partial charge in [-0.2, -0.15) is 0 Å². The second-order valence-electron chi connectivity index (χ2n) is 6.07. The van der Waals surface area contributed by atoms with Crippen molar-refractivity contribution in [3.63, 3.8) is 0 Å². The van der Waals surface area contributed by atoms with Crippen molar-refractivity contribution in [2.24, 2.45) is 0 Å². The summed E-state index contributed by atoms with van der Waals surface area (Å²) in [6.45, 7) is 0.336. The van der Waals surface area contributed by atoms with Crippen LogP contribution in [-0.2, 0) is 14.3 Å². The number of epoxide rings is 1. The summed E-state index contributed by atoms with van der Waals surface area (Å²) in [6, 6.07) is 20.0. The molecule has 120 valence electrons. The number of carbonyl (C=O) groups is 2. The minimum Gasteiger partial charge on any atom is -0.364 e. The van der Waals surface area contributed by atoms with E-state index in [1.807, 2.05) is 60.7 Å². The Kier molecular flexibility index (Phi) is 3.75. The van der Waals surface area contributed by atoms with Crippen LogP contribution in [0.4, 0.5) is 0 Å². The number of rotatable bonds is 5. The van der Waals surface area contributed by atoms with Crippen LogP contribution in [0.25, 0.3) is 0 Å². The van der Waals surface area contributed by atoms with E-state index in [1.165, 1.54) is 17.1 Å². The summed E-state index contributed by atoms with van der Waals surface area (Å²) in [5, 5.41) is 0. The van der Waals surface area contributed by atoms with Gasteiger partial charge in [-0.1, -0.05) is 60.7 Å². The van der Waals surface area contributed by atoms with E-state index in [4.69, 9.17) is 4.74 Å². The highest BCUT2D eigenvalue weighted by Crippen LogP contribution is 2.47. The highest BCUT2D eigenvalue weighted by atomic mass is 16.6. The van der Waals surface area contributed by atoms with Crippen LogP contribution in [0.2, 0.25) is 0 Å². The second kappa shape index (κ2) is 6.06. The molecule has 2 aromatic carbocycles. The molecule has 2 aliphatic rings. The van der Waals surface area contributed by atoms with Crippen molar-refractivity contribution < 1.29 is 14.3 Å². The minimum absolute atomic E-state index is 0.0113. The topological polar surface area (TPSA) is 49.9 Å². The molecule has 1 saturated heterocycles. The summed E-state index contributed by atoms with van der Waals surface area (Å²) >= 11 is 0. The maximum absolute atomic E-state index is 11.9. The molecule has 0 bridgehead atoms. The lowest BCUT2D eigenvalue weighted by atomic mass is 9.91. The van der Waals surface area contributed by atoms with Gasteiger partial charge in [0.25, 0.3) is 11.8 Å². The number of nitrogens with zero attached hydrogens (tertiary/aromatic N) is 1. The van der Waals surface area contributed by atoms with E-state index in [2.05, 4.69) is 0 Å². The maximum atomic E-state index is 11.9. The van der Waals surface area contributed by atoms with Gasteiger partial charge in [0.2, 0.25) is 0 Å². The standard InChI is InChI=1S/C20H17NO3/c22-17-11-12-18(23)21(17)13-16(14-7-3-1-4-8-14)20-19(24-20)15-9-5-2-6-10-15/h1-12,16,19-20H,13H2. The van der Waals surface area contributed by atoms with Gasteiger partial charge < -0.3 is 4.74 Å². The van der Waals surface area contributed by atoms with Gasteiger partial charge in [-0.15, -0.1) is 0 Å². The zero-order chi connectivity index (χ0) is 16.5. The average molecular weight is 319 g/mol. The van der Waals surface area contributed by atoms with Crippen LogP contribution in [0.3, 0.4) is 0 Å². The highest BCUT2D eigenvalue weighted by Gasteiger charge is 2.47. The molecule has 2 aliphatic heterocycles. The normalized spacial score (nSPS) is 23.6. The molecule has 0 aliphatic carbocycles. The smallest absolute Gasteiger partial charge is 0.253 e. The number of hydrogen-bond acceptors (Lipinski definition) is 3. The van der Waals surface area contributed by atoms with Gasteiger partial charge in [-0.05, 0) is 11.1 Å². The van der Waals surface area contributed by atoms with Crippen LogP contribution in [-0.4, -0.2) is 29.4 Å². The van der Waals surface area contributed by atoms with E-state index in [9.17, 15) is 9.59 Å². The van der Waals surface area contributed by atoms with Crippen LogP contribution in [0, 0.1) is 0 Å². The molecule has 4 heteroatoms. The first-order valence-electron chi connectivity index (χ1n) is 8.03.